The predicted molar refractivity (Wildman–Crippen MR) is 101 cm³/mol. The van der Waals surface area contributed by atoms with Gasteiger partial charge in [-0.1, -0.05) is 12.1 Å². The van der Waals surface area contributed by atoms with Gasteiger partial charge in [-0.05, 0) is 54.1 Å². The highest BCUT2D eigenvalue weighted by molar-refractivity contribution is 6.05. The van der Waals surface area contributed by atoms with E-state index in [-0.39, 0.29) is 12.5 Å². The zero-order valence-electron chi connectivity index (χ0n) is 15.1. The molecule has 0 saturated carbocycles. The van der Waals surface area contributed by atoms with E-state index in [9.17, 15) is 9.18 Å². The number of ether oxygens (including phenoxy) is 2. The maximum absolute atomic E-state index is 13.2. The number of nitrogens with zero attached hydrogens (tertiary/aromatic N) is 2. The molecule has 0 atom stereocenters. The zero-order valence-corrected chi connectivity index (χ0v) is 15.1. The Hall–Kier alpha value is -3.41. The van der Waals surface area contributed by atoms with Crippen LogP contribution in [0, 0.1) is 5.82 Å². The Morgan fingerprint density at radius 3 is 2.37 bits per heavy atom. The maximum Gasteiger partial charge on any atom is 0.259 e. The Kier molecular flexibility index (Phi) is 5.66. The highest BCUT2D eigenvalue weighted by Crippen LogP contribution is 2.29. The first-order valence-electron chi connectivity index (χ1n) is 8.31. The molecule has 0 N–H and O–H groups in total. The van der Waals surface area contributed by atoms with Crippen LogP contribution in [0.25, 0.3) is 0 Å². The zero-order chi connectivity index (χ0) is 19.2. The predicted octanol–water partition coefficient (Wildman–Crippen LogP) is 4.08. The second-order valence-electron chi connectivity index (χ2n) is 5.78. The fraction of sp³-hybridized carbons (Fsp3) is 0.143. The highest BCUT2D eigenvalue weighted by atomic mass is 19.1. The molecule has 3 rings (SSSR count). The van der Waals surface area contributed by atoms with Crippen molar-refractivity contribution in [1.29, 1.82) is 0 Å². The third-order valence-corrected chi connectivity index (χ3v) is 4.05. The number of pyridine rings is 1. The maximum atomic E-state index is 13.2. The highest BCUT2D eigenvalue weighted by Gasteiger charge is 2.20. The Bertz CT molecular complexity index is 914. The van der Waals surface area contributed by atoms with E-state index in [2.05, 4.69) is 4.98 Å². The van der Waals surface area contributed by atoms with Gasteiger partial charge >= 0.3 is 0 Å². The number of carbonyl (C=O) groups excluding carboxylic acids is 1. The van der Waals surface area contributed by atoms with Crippen molar-refractivity contribution in [2.24, 2.45) is 0 Å². The van der Waals surface area contributed by atoms with Crippen molar-refractivity contribution in [3.05, 3.63) is 83.8 Å². The normalized spacial score (nSPS) is 10.3. The molecule has 0 radical (unpaired) electrons. The van der Waals surface area contributed by atoms with Crippen LogP contribution in [0.4, 0.5) is 10.2 Å². The summed E-state index contributed by atoms with van der Waals surface area (Å²) in [5.74, 6) is 1.02. The number of methoxy groups -OCH3 is 2. The van der Waals surface area contributed by atoms with Crippen LogP contribution in [0.2, 0.25) is 0 Å². The van der Waals surface area contributed by atoms with Crippen molar-refractivity contribution in [3.8, 4) is 11.5 Å². The minimum atomic E-state index is -0.393. The summed E-state index contributed by atoms with van der Waals surface area (Å²) in [6.45, 7) is 0.271. The number of halogens is 1. The van der Waals surface area contributed by atoms with Gasteiger partial charge < -0.3 is 9.47 Å². The van der Waals surface area contributed by atoms with Crippen molar-refractivity contribution in [3.63, 3.8) is 0 Å². The topological polar surface area (TPSA) is 51.7 Å². The van der Waals surface area contributed by atoms with E-state index >= 15 is 0 Å². The fourth-order valence-corrected chi connectivity index (χ4v) is 2.68. The van der Waals surface area contributed by atoms with Crippen LogP contribution in [-0.2, 0) is 6.54 Å². The lowest BCUT2D eigenvalue weighted by molar-refractivity contribution is 0.0984. The van der Waals surface area contributed by atoms with Gasteiger partial charge in [-0.2, -0.15) is 0 Å². The third-order valence-electron chi connectivity index (χ3n) is 4.05. The molecular weight excluding hydrogens is 347 g/mol. The Balaban J connectivity index is 1.96. The summed E-state index contributed by atoms with van der Waals surface area (Å²) in [6.07, 6.45) is 1.62. The fourth-order valence-electron chi connectivity index (χ4n) is 2.68. The minimum absolute atomic E-state index is 0.271. The van der Waals surface area contributed by atoms with Crippen molar-refractivity contribution in [2.45, 2.75) is 6.54 Å². The van der Waals surface area contributed by atoms with E-state index in [0.717, 1.165) is 5.56 Å². The summed E-state index contributed by atoms with van der Waals surface area (Å²) >= 11 is 0. The van der Waals surface area contributed by atoms with Crippen LogP contribution < -0.4 is 14.4 Å². The molecule has 0 spiro atoms. The molecule has 1 amide bonds. The number of aromatic nitrogens is 1. The van der Waals surface area contributed by atoms with Crippen LogP contribution in [0.1, 0.15) is 15.9 Å². The molecule has 0 aliphatic carbocycles. The first-order chi connectivity index (χ1) is 13.1. The quantitative estimate of drug-likeness (QED) is 0.659. The number of anilines is 1. The van der Waals surface area contributed by atoms with Crippen molar-refractivity contribution < 1.29 is 18.7 Å². The summed E-state index contributed by atoms with van der Waals surface area (Å²) in [7, 11) is 3.12. The molecule has 6 heteroatoms. The van der Waals surface area contributed by atoms with E-state index < -0.39 is 5.82 Å². The molecule has 27 heavy (non-hydrogen) atoms. The number of benzene rings is 2. The second-order valence-corrected chi connectivity index (χ2v) is 5.78. The van der Waals surface area contributed by atoms with E-state index in [1.165, 1.54) is 29.2 Å². The molecule has 1 aromatic heterocycles. The molecule has 0 saturated heterocycles. The third kappa shape index (κ3) is 4.23. The van der Waals surface area contributed by atoms with Gasteiger partial charge in [0.25, 0.3) is 5.91 Å². The lowest BCUT2D eigenvalue weighted by atomic mass is 10.1. The average molecular weight is 366 g/mol. The minimum Gasteiger partial charge on any atom is -0.493 e. The molecule has 0 bridgehead atoms. The van der Waals surface area contributed by atoms with Gasteiger partial charge in [-0.15, -0.1) is 0 Å². The number of amides is 1. The SMILES string of the molecule is COc1ccc(CN(C(=O)c2ccc(F)cc2)c2ccccn2)cc1OC. The summed E-state index contributed by atoms with van der Waals surface area (Å²) < 4.78 is 23.8. The summed E-state index contributed by atoms with van der Waals surface area (Å²) in [6, 6.07) is 16.2. The Labute approximate surface area is 157 Å². The smallest absolute Gasteiger partial charge is 0.259 e. The number of hydrogen-bond donors (Lipinski definition) is 0. The lowest BCUT2D eigenvalue weighted by Crippen LogP contribution is -2.31. The van der Waals surface area contributed by atoms with Crippen molar-refractivity contribution in [2.75, 3.05) is 19.1 Å². The van der Waals surface area contributed by atoms with E-state index in [4.69, 9.17) is 9.47 Å². The van der Waals surface area contributed by atoms with Crippen LogP contribution in [0.3, 0.4) is 0 Å². The molecule has 3 aromatic rings. The van der Waals surface area contributed by atoms with Crippen LogP contribution in [-0.4, -0.2) is 25.1 Å². The molecule has 0 fully saturated rings. The number of rotatable bonds is 6. The average Bonchev–Trinajstić information content (AvgIpc) is 2.72. The number of hydrogen-bond acceptors (Lipinski definition) is 4. The largest absolute Gasteiger partial charge is 0.493 e. The van der Waals surface area contributed by atoms with Gasteiger partial charge in [0.05, 0.1) is 20.8 Å². The first kappa shape index (κ1) is 18.4. The molecule has 0 aliphatic heterocycles. The lowest BCUT2D eigenvalue weighted by Gasteiger charge is -2.22. The molecule has 2 aromatic carbocycles. The van der Waals surface area contributed by atoms with E-state index in [1.807, 2.05) is 18.2 Å². The van der Waals surface area contributed by atoms with Gasteiger partial charge in [-0.25, -0.2) is 9.37 Å². The van der Waals surface area contributed by atoms with Crippen LogP contribution in [0.5, 0.6) is 11.5 Å². The van der Waals surface area contributed by atoms with Crippen molar-refractivity contribution >= 4 is 11.7 Å². The van der Waals surface area contributed by atoms with Gasteiger partial charge in [0.1, 0.15) is 11.6 Å². The standard InChI is InChI=1S/C21H19FN2O3/c1-26-18-11-6-15(13-19(18)27-2)14-24(20-5-3-4-12-23-20)21(25)16-7-9-17(22)10-8-16/h3-13H,14H2,1-2H3. The van der Waals surface area contributed by atoms with Gasteiger partial charge in [-0.3, -0.25) is 9.69 Å². The van der Waals surface area contributed by atoms with Crippen molar-refractivity contribution in [1.82, 2.24) is 4.98 Å². The molecule has 138 valence electrons. The molecule has 1 heterocycles. The molecule has 0 unspecified atom stereocenters. The van der Waals surface area contributed by atoms with Crippen LogP contribution in [0.15, 0.2) is 66.9 Å². The van der Waals surface area contributed by atoms with E-state index in [0.29, 0.717) is 22.9 Å². The molecular formula is C21H19FN2O3. The van der Waals surface area contributed by atoms with Gasteiger partial charge in [0.2, 0.25) is 0 Å². The summed E-state index contributed by atoms with van der Waals surface area (Å²) in [5, 5.41) is 0. The van der Waals surface area contributed by atoms with Gasteiger partial charge in [0.15, 0.2) is 11.5 Å². The first-order valence-corrected chi connectivity index (χ1v) is 8.31. The second kappa shape index (κ2) is 8.31. The number of carbonyl (C=O) groups is 1. The monoisotopic (exact) mass is 366 g/mol. The molecule has 5 nitrogen and oxygen atoms in total. The van der Waals surface area contributed by atoms with Gasteiger partial charge in [0, 0.05) is 11.8 Å². The van der Waals surface area contributed by atoms with Crippen LogP contribution >= 0.6 is 0 Å². The summed E-state index contributed by atoms with van der Waals surface area (Å²) in [5.41, 5.74) is 1.22. The Morgan fingerprint density at radius 1 is 1.00 bits per heavy atom. The Morgan fingerprint density at radius 2 is 1.74 bits per heavy atom. The van der Waals surface area contributed by atoms with E-state index in [1.54, 1.807) is 38.6 Å². The molecule has 0 aliphatic rings. The summed E-state index contributed by atoms with van der Waals surface area (Å²) in [4.78, 5) is 18.9.